The molecule has 0 unspecified atom stereocenters. The highest BCUT2D eigenvalue weighted by molar-refractivity contribution is 5.98. The van der Waals surface area contributed by atoms with Gasteiger partial charge in [0.15, 0.2) is 0 Å². The summed E-state index contributed by atoms with van der Waals surface area (Å²) in [5.41, 5.74) is 0.945. The lowest BCUT2D eigenvalue weighted by molar-refractivity contribution is -0.124. The molecule has 0 aromatic heterocycles. The van der Waals surface area contributed by atoms with Gasteiger partial charge in [-0.3, -0.25) is 14.4 Å². The molecule has 0 radical (unpaired) electrons. The summed E-state index contributed by atoms with van der Waals surface area (Å²) in [5, 5.41) is 5.90. The second-order valence-corrected chi connectivity index (χ2v) is 9.15. The van der Waals surface area contributed by atoms with E-state index in [0.29, 0.717) is 55.1 Å². The van der Waals surface area contributed by atoms with E-state index in [1.165, 1.54) is 0 Å². The molecule has 1 fully saturated rings. The lowest BCUT2D eigenvalue weighted by atomic mass is 9.88. The van der Waals surface area contributed by atoms with E-state index in [1.807, 2.05) is 26.0 Å². The van der Waals surface area contributed by atoms with E-state index < -0.39 is 6.04 Å². The number of benzene rings is 2. The zero-order valence-electron chi connectivity index (χ0n) is 20.9. The number of nitrogens with zero attached hydrogens (tertiary/aromatic N) is 1. The van der Waals surface area contributed by atoms with Gasteiger partial charge in [0.25, 0.3) is 11.8 Å². The summed E-state index contributed by atoms with van der Waals surface area (Å²) in [5.74, 6) is 0.665. The molecule has 8 nitrogen and oxygen atoms in total. The van der Waals surface area contributed by atoms with E-state index >= 15 is 0 Å². The molecule has 188 valence electrons. The summed E-state index contributed by atoms with van der Waals surface area (Å²) in [4.78, 5) is 41.0. The van der Waals surface area contributed by atoms with Gasteiger partial charge in [0.05, 0.1) is 19.8 Å². The third-order valence-corrected chi connectivity index (χ3v) is 6.22. The monoisotopic (exact) mass is 481 g/mol. The van der Waals surface area contributed by atoms with E-state index in [2.05, 4.69) is 10.6 Å². The van der Waals surface area contributed by atoms with Crippen molar-refractivity contribution >= 4 is 17.7 Å². The van der Waals surface area contributed by atoms with Crippen molar-refractivity contribution in [3.8, 4) is 11.5 Å². The number of carbonyl (C=O) groups excluding carboxylic acids is 3. The Morgan fingerprint density at radius 1 is 1.00 bits per heavy atom. The minimum absolute atomic E-state index is 0.0953. The average molecular weight is 482 g/mol. The first-order valence-corrected chi connectivity index (χ1v) is 12.0. The predicted molar refractivity (Wildman–Crippen MR) is 134 cm³/mol. The number of rotatable bonds is 9. The van der Waals surface area contributed by atoms with Crippen LogP contribution in [0.1, 0.15) is 47.4 Å². The number of ether oxygens (including phenoxy) is 2. The molecular formula is C27H35N3O5. The molecule has 1 aliphatic heterocycles. The Balaban J connectivity index is 1.71. The highest BCUT2D eigenvalue weighted by atomic mass is 16.5. The first kappa shape index (κ1) is 26.1. The van der Waals surface area contributed by atoms with Crippen molar-refractivity contribution in [2.24, 2.45) is 11.8 Å². The smallest absolute Gasteiger partial charge is 0.257 e. The molecule has 2 aromatic carbocycles. The molecule has 3 amide bonds. The number of carbonyl (C=O) groups is 3. The Labute approximate surface area is 207 Å². The summed E-state index contributed by atoms with van der Waals surface area (Å²) in [6.45, 7) is 5.54. The Morgan fingerprint density at radius 3 is 2.37 bits per heavy atom. The van der Waals surface area contributed by atoms with Gasteiger partial charge in [0.1, 0.15) is 17.5 Å². The van der Waals surface area contributed by atoms with Crippen molar-refractivity contribution in [3.05, 3.63) is 59.7 Å². The summed E-state index contributed by atoms with van der Waals surface area (Å²) in [7, 11) is 3.09. The molecule has 35 heavy (non-hydrogen) atoms. The molecule has 0 aliphatic carbocycles. The van der Waals surface area contributed by atoms with Crippen LogP contribution in [0.25, 0.3) is 0 Å². The summed E-state index contributed by atoms with van der Waals surface area (Å²) in [6.07, 6.45) is 1.19. The van der Waals surface area contributed by atoms with Crippen LogP contribution in [0.2, 0.25) is 0 Å². The van der Waals surface area contributed by atoms with Gasteiger partial charge in [-0.1, -0.05) is 32.0 Å². The minimum atomic E-state index is -0.698. The average Bonchev–Trinajstić information content (AvgIpc) is 2.89. The molecule has 8 heteroatoms. The standard InChI is InChI=1S/C27H35N3O5/c1-18(2)17-28-26(32)24(29-25(31)20-8-7-9-21(16-20)34-3)19-12-14-30(15-13-19)27(33)22-10-5-6-11-23(22)35-4/h5-11,16,18-19,24H,12-15,17H2,1-4H3,(H,28,32)(H,29,31)/t24-/m1/s1. The van der Waals surface area contributed by atoms with Crippen molar-refractivity contribution < 1.29 is 23.9 Å². The SMILES string of the molecule is COc1cccc(C(=O)N[C@@H](C(=O)NCC(C)C)C2CCN(C(=O)c3ccccc3OC)CC2)c1. The summed E-state index contributed by atoms with van der Waals surface area (Å²) < 4.78 is 10.6. The Kier molecular flexibility index (Phi) is 9.11. The summed E-state index contributed by atoms with van der Waals surface area (Å²) >= 11 is 0. The molecule has 1 saturated heterocycles. The number of likely N-dealkylation sites (tertiary alicyclic amines) is 1. The van der Waals surface area contributed by atoms with Crippen LogP contribution < -0.4 is 20.1 Å². The van der Waals surface area contributed by atoms with Crippen molar-refractivity contribution in [2.45, 2.75) is 32.7 Å². The molecule has 0 spiro atoms. The molecule has 0 bridgehead atoms. The topological polar surface area (TPSA) is 97.0 Å². The van der Waals surface area contributed by atoms with Gasteiger partial charge in [-0.2, -0.15) is 0 Å². The Hall–Kier alpha value is -3.55. The molecule has 2 aromatic rings. The molecule has 1 aliphatic rings. The van der Waals surface area contributed by atoms with Crippen LogP contribution in [0.15, 0.2) is 48.5 Å². The van der Waals surface area contributed by atoms with E-state index in [0.717, 1.165) is 0 Å². The van der Waals surface area contributed by atoms with Gasteiger partial charge >= 0.3 is 0 Å². The Morgan fingerprint density at radius 2 is 1.71 bits per heavy atom. The Bertz CT molecular complexity index is 1030. The second-order valence-electron chi connectivity index (χ2n) is 9.15. The van der Waals surface area contributed by atoms with E-state index in [9.17, 15) is 14.4 Å². The van der Waals surface area contributed by atoms with Crippen LogP contribution in [0.3, 0.4) is 0 Å². The van der Waals surface area contributed by atoms with Crippen molar-refractivity contribution in [1.29, 1.82) is 0 Å². The maximum Gasteiger partial charge on any atom is 0.257 e. The van der Waals surface area contributed by atoms with Crippen molar-refractivity contribution in [1.82, 2.24) is 15.5 Å². The van der Waals surface area contributed by atoms with Crippen LogP contribution in [0, 0.1) is 11.8 Å². The van der Waals surface area contributed by atoms with Crippen LogP contribution in [0.4, 0.5) is 0 Å². The number of nitrogens with one attached hydrogen (secondary N) is 2. The lowest BCUT2D eigenvalue weighted by Gasteiger charge is -2.36. The largest absolute Gasteiger partial charge is 0.497 e. The van der Waals surface area contributed by atoms with Crippen LogP contribution in [-0.2, 0) is 4.79 Å². The van der Waals surface area contributed by atoms with Gasteiger partial charge in [0, 0.05) is 25.2 Å². The number of para-hydroxylation sites is 1. The second kappa shape index (κ2) is 12.2. The normalized spacial score (nSPS) is 14.8. The van der Waals surface area contributed by atoms with E-state index in [1.54, 1.807) is 55.5 Å². The summed E-state index contributed by atoms with van der Waals surface area (Å²) in [6, 6.07) is 13.3. The quantitative estimate of drug-likeness (QED) is 0.574. The molecule has 3 rings (SSSR count). The number of hydrogen-bond donors (Lipinski definition) is 2. The van der Waals surface area contributed by atoms with Gasteiger partial charge in [-0.15, -0.1) is 0 Å². The van der Waals surface area contributed by atoms with E-state index in [4.69, 9.17) is 9.47 Å². The first-order valence-electron chi connectivity index (χ1n) is 12.0. The molecule has 1 heterocycles. The minimum Gasteiger partial charge on any atom is -0.497 e. The maximum atomic E-state index is 13.1. The highest BCUT2D eigenvalue weighted by Crippen LogP contribution is 2.26. The maximum absolute atomic E-state index is 13.1. The highest BCUT2D eigenvalue weighted by Gasteiger charge is 2.34. The fraction of sp³-hybridized carbons (Fsp3) is 0.444. The molecule has 2 N–H and O–H groups in total. The predicted octanol–water partition coefficient (Wildman–Crippen LogP) is 3.13. The van der Waals surface area contributed by atoms with E-state index in [-0.39, 0.29) is 29.6 Å². The number of methoxy groups -OCH3 is 2. The third-order valence-electron chi connectivity index (χ3n) is 6.22. The molecule has 1 atom stereocenters. The number of piperidine rings is 1. The van der Waals surface area contributed by atoms with Crippen LogP contribution in [-0.4, -0.2) is 62.5 Å². The van der Waals surface area contributed by atoms with Crippen LogP contribution in [0.5, 0.6) is 11.5 Å². The molecule has 0 saturated carbocycles. The third kappa shape index (κ3) is 6.74. The van der Waals surface area contributed by atoms with Crippen molar-refractivity contribution in [2.75, 3.05) is 33.9 Å². The lowest BCUT2D eigenvalue weighted by Crippen LogP contribution is -2.54. The van der Waals surface area contributed by atoms with Gasteiger partial charge in [-0.25, -0.2) is 0 Å². The number of hydrogen-bond acceptors (Lipinski definition) is 5. The zero-order valence-corrected chi connectivity index (χ0v) is 20.9. The first-order chi connectivity index (χ1) is 16.8. The van der Waals surface area contributed by atoms with Gasteiger partial charge in [0.2, 0.25) is 5.91 Å². The van der Waals surface area contributed by atoms with Crippen molar-refractivity contribution in [3.63, 3.8) is 0 Å². The van der Waals surface area contributed by atoms with Gasteiger partial charge in [-0.05, 0) is 55.0 Å². The van der Waals surface area contributed by atoms with Crippen LogP contribution >= 0.6 is 0 Å². The zero-order chi connectivity index (χ0) is 25.4. The fourth-order valence-electron chi connectivity index (χ4n) is 4.23. The molecular weight excluding hydrogens is 446 g/mol. The number of amides is 3. The fourth-order valence-corrected chi connectivity index (χ4v) is 4.23. The van der Waals surface area contributed by atoms with Gasteiger partial charge < -0.3 is 25.0 Å².